The normalized spacial score (nSPS) is 11.8. The number of nitrogens with two attached hydrogens (primary N) is 1. The van der Waals surface area contributed by atoms with Crippen molar-refractivity contribution in [1.29, 1.82) is 0 Å². The van der Waals surface area contributed by atoms with Crippen molar-refractivity contribution in [3.8, 4) is 5.75 Å². The standard InChI is InChI=1S/C13H18ClN3O4/c1-21-11-3-2-8(14)6-9(11)17-12(18)7-10(13(19)20)16-5-4-15/h2-3,6,10,16H,4-5,7,15H2,1H3,(H,17,18)(H,19,20)/p-1. The van der Waals surface area contributed by atoms with E-state index in [1.54, 1.807) is 12.1 Å². The lowest BCUT2D eigenvalue weighted by molar-refractivity contribution is -0.308. The van der Waals surface area contributed by atoms with Crippen molar-refractivity contribution in [2.24, 2.45) is 5.73 Å². The third-order valence-electron chi connectivity index (χ3n) is 2.64. The molecule has 7 nitrogen and oxygen atoms in total. The molecule has 0 fully saturated rings. The van der Waals surface area contributed by atoms with E-state index in [-0.39, 0.29) is 19.5 Å². The monoisotopic (exact) mass is 314 g/mol. The molecule has 0 aliphatic carbocycles. The Morgan fingerprint density at radius 2 is 2.19 bits per heavy atom. The van der Waals surface area contributed by atoms with Crippen LogP contribution in [0.25, 0.3) is 0 Å². The number of amides is 1. The number of anilines is 1. The van der Waals surface area contributed by atoms with E-state index in [9.17, 15) is 14.7 Å². The molecule has 0 radical (unpaired) electrons. The van der Waals surface area contributed by atoms with Crippen LogP contribution in [-0.2, 0) is 9.59 Å². The summed E-state index contributed by atoms with van der Waals surface area (Å²) in [6.07, 6.45) is -0.294. The van der Waals surface area contributed by atoms with Gasteiger partial charge in [0.2, 0.25) is 5.91 Å². The van der Waals surface area contributed by atoms with Crippen LogP contribution in [0.4, 0.5) is 5.69 Å². The van der Waals surface area contributed by atoms with Gasteiger partial charge in [0.05, 0.1) is 24.8 Å². The van der Waals surface area contributed by atoms with Gasteiger partial charge in [0.15, 0.2) is 0 Å². The number of carboxylic acids is 1. The van der Waals surface area contributed by atoms with Gasteiger partial charge in [-0.3, -0.25) is 4.79 Å². The Labute approximate surface area is 127 Å². The molecule has 8 heteroatoms. The summed E-state index contributed by atoms with van der Waals surface area (Å²) in [4.78, 5) is 22.8. The Bertz CT molecular complexity index is 510. The fraction of sp³-hybridized carbons (Fsp3) is 0.385. The van der Waals surface area contributed by atoms with E-state index in [2.05, 4.69) is 10.6 Å². The van der Waals surface area contributed by atoms with Crippen LogP contribution < -0.4 is 26.2 Å². The average molecular weight is 315 g/mol. The number of ether oxygens (including phenoxy) is 1. The zero-order valence-corrected chi connectivity index (χ0v) is 12.3. The summed E-state index contributed by atoms with van der Waals surface area (Å²) in [7, 11) is 1.45. The molecule has 1 aromatic carbocycles. The van der Waals surface area contributed by atoms with Gasteiger partial charge in [-0.2, -0.15) is 0 Å². The Morgan fingerprint density at radius 3 is 2.76 bits per heavy atom. The highest BCUT2D eigenvalue weighted by molar-refractivity contribution is 6.31. The van der Waals surface area contributed by atoms with E-state index in [1.165, 1.54) is 13.2 Å². The molecule has 4 N–H and O–H groups in total. The van der Waals surface area contributed by atoms with Gasteiger partial charge in [0, 0.05) is 24.5 Å². The zero-order chi connectivity index (χ0) is 15.8. The lowest BCUT2D eigenvalue weighted by Gasteiger charge is -2.19. The topological polar surface area (TPSA) is 117 Å². The zero-order valence-electron chi connectivity index (χ0n) is 11.5. The van der Waals surface area contributed by atoms with Gasteiger partial charge in [0.1, 0.15) is 5.75 Å². The Kier molecular flexibility index (Phi) is 6.93. The molecule has 0 aromatic heterocycles. The number of carbonyl (C=O) groups is 2. The minimum absolute atomic E-state index is 0.257. The molecule has 0 bridgehead atoms. The van der Waals surface area contributed by atoms with Crippen molar-refractivity contribution in [3.05, 3.63) is 23.2 Å². The maximum Gasteiger partial charge on any atom is 0.226 e. The molecule has 21 heavy (non-hydrogen) atoms. The first-order valence-electron chi connectivity index (χ1n) is 6.25. The molecule has 116 valence electrons. The maximum absolute atomic E-state index is 11.9. The van der Waals surface area contributed by atoms with Gasteiger partial charge in [0.25, 0.3) is 0 Å². The van der Waals surface area contributed by atoms with Crippen molar-refractivity contribution in [2.75, 3.05) is 25.5 Å². The first-order chi connectivity index (χ1) is 9.97. The second-order valence-corrected chi connectivity index (χ2v) is 4.65. The van der Waals surface area contributed by atoms with E-state index in [0.29, 0.717) is 16.5 Å². The largest absolute Gasteiger partial charge is 0.548 e. The third-order valence-corrected chi connectivity index (χ3v) is 2.88. The molecule has 0 spiro atoms. The molecular weight excluding hydrogens is 298 g/mol. The predicted molar refractivity (Wildman–Crippen MR) is 77.1 cm³/mol. The van der Waals surface area contributed by atoms with Crippen LogP contribution in [0, 0.1) is 0 Å². The van der Waals surface area contributed by atoms with Crippen molar-refractivity contribution in [2.45, 2.75) is 12.5 Å². The number of carbonyl (C=O) groups excluding carboxylic acids is 2. The van der Waals surface area contributed by atoms with Crippen molar-refractivity contribution in [3.63, 3.8) is 0 Å². The van der Waals surface area contributed by atoms with Crippen LogP contribution in [0.1, 0.15) is 6.42 Å². The smallest absolute Gasteiger partial charge is 0.226 e. The predicted octanol–water partition coefficient (Wildman–Crippen LogP) is -0.656. The minimum Gasteiger partial charge on any atom is -0.548 e. The Hall–Kier alpha value is -1.83. The molecule has 0 aliphatic rings. The second-order valence-electron chi connectivity index (χ2n) is 4.21. The van der Waals surface area contributed by atoms with Gasteiger partial charge in [-0.15, -0.1) is 0 Å². The average Bonchev–Trinajstić information content (AvgIpc) is 2.43. The van der Waals surface area contributed by atoms with E-state index < -0.39 is 17.9 Å². The van der Waals surface area contributed by atoms with Crippen molar-refractivity contribution >= 4 is 29.2 Å². The highest BCUT2D eigenvalue weighted by Gasteiger charge is 2.16. The molecule has 1 atom stereocenters. The lowest BCUT2D eigenvalue weighted by Crippen LogP contribution is -2.48. The minimum atomic E-state index is -1.36. The summed E-state index contributed by atoms with van der Waals surface area (Å²) >= 11 is 5.84. The van der Waals surface area contributed by atoms with Crippen molar-refractivity contribution < 1.29 is 19.4 Å². The quantitative estimate of drug-likeness (QED) is 0.587. The van der Waals surface area contributed by atoms with Crippen molar-refractivity contribution in [1.82, 2.24) is 5.32 Å². The molecule has 1 amide bonds. The van der Waals surface area contributed by atoms with Gasteiger partial charge in [-0.05, 0) is 18.2 Å². The van der Waals surface area contributed by atoms with Crippen LogP contribution in [0.5, 0.6) is 5.75 Å². The first-order valence-corrected chi connectivity index (χ1v) is 6.63. The summed E-state index contributed by atoms with van der Waals surface area (Å²) in [6, 6.07) is 3.61. The first kappa shape index (κ1) is 17.2. The van der Waals surface area contributed by atoms with Crippen LogP contribution in [0.15, 0.2) is 18.2 Å². The van der Waals surface area contributed by atoms with Crippen LogP contribution in [0.3, 0.4) is 0 Å². The van der Waals surface area contributed by atoms with Gasteiger partial charge >= 0.3 is 0 Å². The number of hydrogen-bond acceptors (Lipinski definition) is 6. The molecule has 0 heterocycles. The Morgan fingerprint density at radius 1 is 1.48 bits per heavy atom. The van der Waals surface area contributed by atoms with Gasteiger partial charge in [-0.1, -0.05) is 11.6 Å². The number of nitrogens with one attached hydrogen (secondary N) is 2. The molecule has 1 rings (SSSR count). The number of aliphatic carboxylic acids is 1. The fourth-order valence-electron chi connectivity index (χ4n) is 1.66. The fourth-order valence-corrected chi connectivity index (χ4v) is 1.83. The van der Waals surface area contributed by atoms with E-state index in [0.717, 1.165) is 0 Å². The number of carboxylic acid groups (broad SMARTS) is 1. The SMILES string of the molecule is COc1ccc(Cl)cc1NC(=O)CC(NCCN)C(=O)[O-]. The summed E-state index contributed by atoms with van der Waals surface area (Å²) in [5, 5.41) is 16.5. The number of methoxy groups -OCH3 is 1. The maximum atomic E-state index is 11.9. The molecule has 0 saturated heterocycles. The van der Waals surface area contributed by atoms with Crippen LogP contribution in [0.2, 0.25) is 5.02 Å². The van der Waals surface area contributed by atoms with E-state index in [4.69, 9.17) is 22.1 Å². The molecule has 0 aliphatic heterocycles. The van der Waals surface area contributed by atoms with E-state index >= 15 is 0 Å². The number of hydrogen-bond donors (Lipinski definition) is 3. The molecular formula is C13H17ClN3O4-. The summed E-state index contributed by atoms with van der Waals surface area (Å²) < 4.78 is 5.08. The number of benzene rings is 1. The number of rotatable bonds is 8. The lowest BCUT2D eigenvalue weighted by atomic mass is 10.2. The Balaban J connectivity index is 2.71. The third kappa shape index (κ3) is 5.58. The van der Waals surface area contributed by atoms with E-state index in [1.807, 2.05) is 0 Å². The highest BCUT2D eigenvalue weighted by Crippen LogP contribution is 2.27. The van der Waals surface area contributed by atoms with Gasteiger partial charge in [-0.25, -0.2) is 0 Å². The highest BCUT2D eigenvalue weighted by atomic mass is 35.5. The number of halogens is 1. The summed E-state index contributed by atoms with van der Waals surface area (Å²) in [5.74, 6) is -1.45. The molecule has 1 unspecified atom stereocenters. The molecule has 1 aromatic rings. The van der Waals surface area contributed by atoms with Crippen LogP contribution in [-0.4, -0.2) is 38.1 Å². The van der Waals surface area contributed by atoms with Gasteiger partial charge < -0.3 is 31.0 Å². The molecule has 0 saturated carbocycles. The van der Waals surface area contributed by atoms with Crippen LogP contribution >= 0.6 is 11.6 Å². The summed E-state index contributed by atoms with van der Waals surface area (Å²) in [6.45, 7) is 0.528. The summed E-state index contributed by atoms with van der Waals surface area (Å²) in [5.41, 5.74) is 5.64. The second kappa shape index (κ2) is 8.46.